The number of hydrogen-bond donors (Lipinski definition) is 2. The molecule has 1 aromatic carbocycles. The van der Waals surface area contributed by atoms with Crippen LogP contribution in [0.25, 0.3) is 0 Å². The summed E-state index contributed by atoms with van der Waals surface area (Å²) in [7, 11) is 1.76. The summed E-state index contributed by atoms with van der Waals surface area (Å²) in [5, 5.41) is 14.1. The summed E-state index contributed by atoms with van der Waals surface area (Å²) in [6.45, 7) is 2.27. The van der Waals surface area contributed by atoms with Gasteiger partial charge < -0.3 is 10.2 Å². The van der Waals surface area contributed by atoms with Crippen LogP contribution in [0, 0.1) is 12.7 Å². The van der Waals surface area contributed by atoms with Crippen molar-refractivity contribution in [2.24, 2.45) is 7.05 Å². The van der Waals surface area contributed by atoms with Crippen molar-refractivity contribution in [2.75, 3.05) is 5.32 Å². The molecule has 2 amide bonds. The predicted molar refractivity (Wildman–Crippen MR) is 104 cm³/mol. The molecule has 0 fully saturated rings. The first kappa shape index (κ1) is 19.1. The van der Waals surface area contributed by atoms with Crippen molar-refractivity contribution >= 4 is 29.1 Å². The molecule has 150 valence electrons. The molecular weight excluding hydrogens is 399 g/mol. The van der Waals surface area contributed by atoms with Crippen LogP contribution in [0.1, 0.15) is 33.0 Å². The second-order valence-electron chi connectivity index (χ2n) is 6.91. The lowest BCUT2D eigenvalue weighted by atomic mass is 10.1. The molecule has 8 nitrogen and oxygen atoms in total. The summed E-state index contributed by atoms with van der Waals surface area (Å²) in [5.41, 5.74) is 3.00. The van der Waals surface area contributed by atoms with Gasteiger partial charge in [-0.1, -0.05) is 17.7 Å². The molecule has 2 aromatic heterocycles. The molecule has 0 saturated heterocycles. The zero-order valence-electron chi connectivity index (χ0n) is 15.8. The zero-order valence-corrected chi connectivity index (χ0v) is 16.5. The number of H-pyrrole nitrogens is 1. The number of rotatable bonds is 4. The van der Waals surface area contributed by atoms with Crippen molar-refractivity contribution in [1.29, 1.82) is 0 Å². The van der Waals surface area contributed by atoms with Crippen LogP contribution in [0.15, 0.2) is 24.4 Å². The van der Waals surface area contributed by atoms with E-state index in [9.17, 15) is 14.0 Å². The van der Waals surface area contributed by atoms with Gasteiger partial charge >= 0.3 is 0 Å². The number of carbonyl (C=O) groups is 2. The first-order valence-corrected chi connectivity index (χ1v) is 9.29. The number of anilines is 1. The van der Waals surface area contributed by atoms with Gasteiger partial charge in [0, 0.05) is 29.4 Å². The molecule has 3 aromatic rings. The second-order valence-corrected chi connectivity index (χ2v) is 7.32. The van der Waals surface area contributed by atoms with Crippen molar-refractivity contribution in [3.63, 3.8) is 0 Å². The number of nitrogens with zero attached hydrogens (tertiary/aromatic N) is 4. The van der Waals surface area contributed by atoms with Crippen molar-refractivity contribution in [3.05, 3.63) is 63.4 Å². The number of hydrogen-bond acceptors (Lipinski definition) is 4. The minimum atomic E-state index is -0.517. The van der Waals surface area contributed by atoms with E-state index in [4.69, 9.17) is 11.6 Å². The van der Waals surface area contributed by atoms with Crippen LogP contribution < -0.4 is 5.32 Å². The fourth-order valence-corrected chi connectivity index (χ4v) is 3.60. The lowest BCUT2D eigenvalue weighted by Crippen LogP contribution is -2.28. The van der Waals surface area contributed by atoms with Gasteiger partial charge in [0.2, 0.25) is 5.91 Å². The van der Waals surface area contributed by atoms with Crippen molar-refractivity contribution in [2.45, 2.75) is 26.4 Å². The summed E-state index contributed by atoms with van der Waals surface area (Å²) in [6, 6.07) is 4.31. The first-order chi connectivity index (χ1) is 13.8. The van der Waals surface area contributed by atoms with Gasteiger partial charge in [-0.25, -0.2) is 4.39 Å². The SMILES string of the molecule is Cc1nn(C)cc1NC(=O)c1n[nH]c2c1CN(C(=O)Cc1c(F)cccc1Cl)C2. The maximum atomic E-state index is 14.0. The van der Waals surface area contributed by atoms with E-state index in [1.54, 1.807) is 30.9 Å². The highest BCUT2D eigenvalue weighted by atomic mass is 35.5. The minimum absolute atomic E-state index is 0.153. The fourth-order valence-electron chi connectivity index (χ4n) is 3.37. The molecule has 0 atom stereocenters. The number of aryl methyl sites for hydroxylation is 2. The standard InChI is InChI=1S/C19H18ClFN6O2/c1-10-15(8-26(2)25-10)22-19(29)18-12-7-27(9-16(12)23-24-18)17(28)6-11-13(20)4-3-5-14(11)21/h3-5,8H,6-7,9H2,1-2H3,(H,22,29)(H,23,24). The molecule has 4 rings (SSSR count). The third-order valence-electron chi connectivity index (χ3n) is 4.87. The maximum absolute atomic E-state index is 14.0. The molecule has 29 heavy (non-hydrogen) atoms. The summed E-state index contributed by atoms with van der Waals surface area (Å²) < 4.78 is 15.6. The van der Waals surface area contributed by atoms with Crippen LogP contribution >= 0.6 is 11.6 Å². The number of benzene rings is 1. The monoisotopic (exact) mass is 416 g/mol. The molecule has 2 N–H and O–H groups in total. The molecule has 0 radical (unpaired) electrons. The highest BCUT2D eigenvalue weighted by molar-refractivity contribution is 6.31. The van der Waals surface area contributed by atoms with Gasteiger partial charge in [0.15, 0.2) is 5.69 Å². The lowest BCUT2D eigenvalue weighted by molar-refractivity contribution is -0.131. The minimum Gasteiger partial charge on any atom is -0.332 e. The average molecular weight is 417 g/mol. The van der Waals surface area contributed by atoms with Crippen LogP contribution in [0.5, 0.6) is 0 Å². The van der Waals surface area contributed by atoms with Gasteiger partial charge in [-0.3, -0.25) is 19.4 Å². The molecule has 0 aliphatic carbocycles. The van der Waals surface area contributed by atoms with E-state index in [0.717, 1.165) is 0 Å². The van der Waals surface area contributed by atoms with E-state index in [2.05, 4.69) is 20.6 Å². The normalized spacial score (nSPS) is 12.9. The van der Waals surface area contributed by atoms with Crippen molar-refractivity contribution in [1.82, 2.24) is 24.9 Å². The Morgan fingerprint density at radius 1 is 1.34 bits per heavy atom. The van der Waals surface area contributed by atoms with Gasteiger partial charge in [-0.15, -0.1) is 0 Å². The number of fused-ring (bicyclic) bond motifs is 1. The Kier molecular flexibility index (Phi) is 4.83. The zero-order chi connectivity index (χ0) is 20.7. The number of halogens is 2. The number of aromatic nitrogens is 4. The highest BCUT2D eigenvalue weighted by Crippen LogP contribution is 2.27. The van der Waals surface area contributed by atoms with E-state index in [1.165, 1.54) is 17.0 Å². The number of amides is 2. The Hall–Kier alpha value is -3.20. The summed E-state index contributed by atoms with van der Waals surface area (Å²) in [4.78, 5) is 26.9. The molecule has 3 heterocycles. The third-order valence-corrected chi connectivity index (χ3v) is 5.22. The Morgan fingerprint density at radius 2 is 2.14 bits per heavy atom. The number of aromatic amines is 1. The van der Waals surface area contributed by atoms with Gasteiger partial charge in [0.1, 0.15) is 5.82 Å². The van der Waals surface area contributed by atoms with E-state index < -0.39 is 5.82 Å². The fraction of sp³-hybridized carbons (Fsp3) is 0.263. The van der Waals surface area contributed by atoms with E-state index >= 15 is 0 Å². The third kappa shape index (κ3) is 3.61. The molecule has 1 aliphatic rings. The smallest absolute Gasteiger partial charge is 0.276 e. The van der Waals surface area contributed by atoms with E-state index in [0.29, 0.717) is 22.6 Å². The van der Waals surface area contributed by atoms with E-state index in [1.807, 2.05) is 0 Å². The van der Waals surface area contributed by atoms with Crippen molar-refractivity contribution in [3.8, 4) is 0 Å². The highest BCUT2D eigenvalue weighted by Gasteiger charge is 2.31. The van der Waals surface area contributed by atoms with Crippen LogP contribution in [0.2, 0.25) is 5.02 Å². The molecule has 0 saturated carbocycles. The molecule has 10 heteroatoms. The number of nitrogens with one attached hydrogen (secondary N) is 2. The van der Waals surface area contributed by atoms with Crippen LogP contribution in [-0.4, -0.2) is 36.7 Å². The van der Waals surface area contributed by atoms with Gasteiger partial charge in [0.05, 0.1) is 36.6 Å². The molecule has 0 bridgehead atoms. The summed E-state index contributed by atoms with van der Waals surface area (Å²) in [6.07, 6.45) is 1.55. The summed E-state index contributed by atoms with van der Waals surface area (Å²) in [5.74, 6) is -1.18. The Bertz CT molecular complexity index is 1100. The van der Waals surface area contributed by atoms with Crippen LogP contribution in [0.4, 0.5) is 10.1 Å². The molecule has 1 aliphatic heterocycles. The quantitative estimate of drug-likeness (QED) is 0.683. The molecular formula is C19H18ClFN6O2. The largest absolute Gasteiger partial charge is 0.332 e. The van der Waals surface area contributed by atoms with Crippen LogP contribution in [0.3, 0.4) is 0 Å². The lowest BCUT2D eigenvalue weighted by Gasteiger charge is -2.16. The molecule has 0 spiro atoms. The maximum Gasteiger partial charge on any atom is 0.276 e. The van der Waals surface area contributed by atoms with E-state index in [-0.39, 0.29) is 47.6 Å². The topological polar surface area (TPSA) is 95.9 Å². The van der Waals surface area contributed by atoms with Crippen LogP contribution in [-0.2, 0) is 31.4 Å². The van der Waals surface area contributed by atoms with Gasteiger partial charge in [0.25, 0.3) is 5.91 Å². The van der Waals surface area contributed by atoms with Gasteiger partial charge in [-0.05, 0) is 19.1 Å². The Morgan fingerprint density at radius 3 is 2.83 bits per heavy atom. The first-order valence-electron chi connectivity index (χ1n) is 8.92. The molecule has 0 unspecified atom stereocenters. The van der Waals surface area contributed by atoms with Gasteiger partial charge in [-0.2, -0.15) is 10.2 Å². The Labute approximate surface area is 170 Å². The Balaban J connectivity index is 1.48. The summed E-state index contributed by atoms with van der Waals surface area (Å²) >= 11 is 6.02. The predicted octanol–water partition coefficient (Wildman–Crippen LogP) is 2.58. The van der Waals surface area contributed by atoms with Crippen molar-refractivity contribution < 1.29 is 14.0 Å². The number of carbonyl (C=O) groups excluding carboxylic acids is 2. The second kappa shape index (κ2) is 7.32. The average Bonchev–Trinajstić information content (AvgIpc) is 3.32.